The van der Waals surface area contributed by atoms with E-state index in [2.05, 4.69) is 11.4 Å². The van der Waals surface area contributed by atoms with Crippen molar-refractivity contribution < 1.29 is 14.4 Å². The van der Waals surface area contributed by atoms with E-state index in [1.807, 2.05) is 30.4 Å². The molecular formula is C20H22N2O3. The third-order valence-corrected chi connectivity index (χ3v) is 5.61. The van der Waals surface area contributed by atoms with E-state index < -0.39 is 0 Å². The van der Waals surface area contributed by atoms with E-state index >= 15 is 0 Å². The smallest absolute Gasteiger partial charge is 0.240 e. The number of allylic oxidation sites excluding steroid dienone is 2. The summed E-state index contributed by atoms with van der Waals surface area (Å²) in [5.74, 6) is -1.20. The number of imide groups is 1. The molecule has 1 aromatic carbocycles. The Morgan fingerprint density at radius 1 is 1.08 bits per heavy atom. The van der Waals surface area contributed by atoms with Crippen molar-refractivity contribution in [1.29, 1.82) is 0 Å². The minimum Gasteiger partial charge on any atom is -0.348 e. The Morgan fingerprint density at radius 3 is 2.48 bits per heavy atom. The molecule has 1 aliphatic heterocycles. The number of nitrogens with zero attached hydrogens (tertiary/aromatic N) is 1. The summed E-state index contributed by atoms with van der Waals surface area (Å²) in [5.41, 5.74) is 2.42. The Balaban J connectivity index is 1.43. The van der Waals surface area contributed by atoms with Gasteiger partial charge in [0.15, 0.2) is 0 Å². The second kappa shape index (κ2) is 6.47. The van der Waals surface area contributed by atoms with Crippen LogP contribution >= 0.6 is 0 Å². The van der Waals surface area contributed by atoms with Gasteiger partial charge in [0, 0.05) is 0 Å². The van der Waals surface area contributed by atoms with E-state index in [0.717, 1.165) is 29.7 Å². The molecule has 1 aromatic rings. The molecule has 2 aliphatic carbocycles. The van der Waals surface area contributed by atoms with Crippen LogP contribution in [0.3, 0.4) is 0 Å². The van der Waals surface area contributed by atoms with Gasteiger partial charge in [-0.1, -0.05) is 36.4 Å². The lowest BCUT2D eigenvalue weighted by molar-refractivity contribution is -0.143. The number of fused-ring (bicyclic) bond motifs is 2. The molecule has 0 bridgehead atoms. The molecule has 1 saturated heterocycles. The Bertz CT molecular complexity index is 729. The molecular weight excluding hydrogens is 316 g/mol. The van der Waals surface area contributed by atoms with Gasteiger partial charge < -0.3 is 5.32 Å². The van der Waals surface area contributed by atoms with E-state index in [-0.39, 0.29) is 42.1 Å². The Kier molecular flexibility index (Phi) is 4.15. The summed E-state index contributed by atoms with van der Waals surface area (Å²) in [4.78, 5) is 38.6. The summed E-state index contributed by atoms with van der Waals surface area (Å²) < 4.78 is 0. The summed E-state index contributed by atoms with van der Waals surface area (Å²) in [7, 11) is 0. The first-order valence-electron chi connectivity index (χ1n) is 9.02. The SMILES string of the molecule is O=C(CN1C(=O)[C@H]2CC=CC[C@@H]2C1=O)N[C@H]1CCCc2ccccc21. The molecule has 3 amide bonds. The average molecular weight is 338 g/mol. The highest BCUT2D eigenvalue weighted by molar-refractivity contribution is 6.07. The fourth-order valence-corrected chi connectivity index (χ4v) is 4.31. The Morgan fingerprint density at radius 2 is 1.76 bits per heavy atom. The lowest BCUT2D eigenvalue weighted by atomic mass is 9.85. The fourth-order valence-electron chi connectivity index (χ4n) is 4.31. The third-order valence-electron chi connectivity index (χ3n) is 5.61. The molecule has 3 aliphatic rings. The number of likely N-dealkylation sites (tertiary alicyclic amines) is 1. The summed E-state index contributed by atoms with van der Waals surface area (Å²) in [6.45, 7) is -0.163. The van der Waals surface area contributed by atoms with Crippen LogP contribution < -0.4 is 5.32 Å². The van der Waals surface area contributed by atoms with Crippen molar-refractivity contribution in [2.24, 2.45) is 11.8 Å². The number of carbonyl (C=O) groups excluding carboxylic acids is 3. The molecule has 5 heteroatoms. The molecule has 1 fully saturated rings. The predicted molar refractivity (Wildman–Crippen MR) is 92.3 cm³/mol. The normalized spacial score (nSPS) is 27.8. The van der Waals surface area contributed by atoms with Crippen LogP contribution in [0.25, 0.3) is 0 Å². The zero-order valence-corrected chi connectivity index (χ0v) is 14.1. The van der Waals surface area contributed by atoms with Gasteiger partial charge in [-0.3, -0.25) is 19.3 Å². The molecule has 1 N–H and O–H groups in total. The van der Waals surface area contributed by atoms with E-state index in [9.17, 15) is 14.4 Å². The van der Waals surface area contributed by atoms with Crippen molar-refractivity contribution in [3.63, 3.8) is 0 Å². The summed E-state index contributed by atoms with van der Waals surface area (Å²) in [5, 5.41) is 3.02. The average Bonchev–Trinajstić information content (AvgIpc) is 2.87. The highest BCUT2D eigenvalue weighted by Gasteiger charge is 2.47. The summed E-state index contributed by atoms with van der Waals surface area (Å²) in [6, 6.07) is 8.11. The Hall–Kier alpha value is -2.43. The quantitative estimate of drug-likeness (QED) is 0.678. The Labute approximate surface area is 147 Å². The van der Waals surface area contributed by atoms with Crippen LogP contribution in [0.4, 0.5) is 0 Å². The van der Waals surface area contributed by atoms with Gasteiger partial charge >= 0.3 is 0 Å². The molecule has 0 saturated carbocycles. The zero-order chi connectivity index (χ0) is 17.4. The van der Waals surface area contributed by atoms with Gasteiger partial charge in [-0.25, -0.2) is 0 Å². The number of nitrogens with one attached hydrogen (secondary N) is 1. The van der Waals surface area contributed by atoms with E-state index in [1.165, 1.54) is 5.56 Å². The lowest BCUT2D eigenvalue weighted by Gasteiger charge is -2.27. The number of amides is 3. The highest BCUT2D eigenvalue weighted by Crippen LogP contribution is 2.35. The van der Waals surface area contributed by atoms with Gasteiger partial charge in [-0.15, -0.1) is 0 Å². The van der Waals surface area contributed by atoms with Crippen molar-refractivity contribution in [1.82, 2.24) is 10.2 Å². The summed E-state index contributed by atoms with van der Waals surface area (Å²) >= 11 is 0. The standard InChI is InChI=1S/C20H22N2O3/c23-18(21-17-11-5-7-13-6-1-2-8-14(13)17)12-22-19(24)15-9-3-4-10-16(15)20(22)25/h1-4,6,8,15-17H,5,7,9-12H2,(H,21,23)/t15-,16-,17-/m0/s1. The first-order valence-corrected chi connectivity index (χ1v) is 9.02. The molecule has 0 aromatic heterocycles. The van der Waals surface area contributed by atoms with E-state index in [4.69, 9.17) is 0 Å². The van der Waals surface area contributed by atoms with Crippen molar-refractivity contribution >= 4 is 17.7 Å². The van der Waals surface area contributed by atoms with E-state index in [1.54, 1.807) is 0 Å². The number of hydrogen-bond donors (Lipinski definition) is 1. The maximum absolute atomic E-state index is 12.5. The first-order chi connectivity index (χ1) is 12.1. The molecule has 5 nitrogen and oxygen atoms in total. The lowest BCUT2D eigenvalue weighted by Crippen LogP contribution is -2.42. The molecule has 0 unspecified atom stereocenters. The van der Waals surface area contributed by atoms with Crippen LogP contribution in [0.2, 0.25) is 0 Å². The second-order valence-corrected chi connectivity index (χ2v) is 7.13. The molecule has 4 rings (SSSR count). The number of hydrogen-bond acceptors (Lipinski definition) is 3. The molecule has 25 heavy (non-hydrogen) atoms. The predicted octanol–water partition coefficient (Wildman–Crippen LogP) is 2.13. The van der Waals surface area contributed by atoms with Crippen molar-refractivity contribution in [3.8, 4) is 0 Å². The van der Waals surface area contributed by atoms with E-state index in [0.29, 0.717) is 12.8 Å². The minimum absolute atomic E-state index is 0.0331. The van der Waals surface area contributed by atoms with Crippen LogP contribution in [0.15, 0.2) is 36.4 Å². The minimum atomic E-state index is -0.277. The number of aryl methyl sites for hydroxylation is 1. The topological polar surface area (TPSA) is 66.5 Å². The molecule has 3 atom stereocenters. The van der Waals surface area contributed by atoms with Crippen molar-refractivity contribution in [2.45, 2.75) is 38.1 Å². The maximum atomic E-state index is 12.5. The van der Waals surface area contributed by atoms with Gasteiger partial charge in [0.2, 0.25) is 17.7 Å². The van der Waals surface area contributed by atoms with Crippen LogP contribution in [-0.2, 0) is 20.8 Å². The second-order valence-electron chi connectivity index (χ2n) is 7.13. The van der Waals surface area contributed by atoms with Crippen molar-refractivity contribution in [3.05, 3.63) is 47.5 Å². The van der Waals surface area contributed by atoms with Crippen LogP contribution in [0.5, 0.6) is 0 Å². The van der Waals surface area contributed by atoms with Crippen LogP contribution in [0.1, 0.15) is 42.9 Å². The summed E-state index contributed by atoms with van der Waals surface area (Å²) in [6.07, 6.45) is 8.05. The highest BCUT2D eigenvalue weighted by atomic mass is 16.2. The molecule has 130 valence electrons. The van der Waals surface area contributed by atoms with Crippen LogP contribution in [-0.4, -0.2) is 29.2 Å². The molecule has 1 heterocycles. The van der Waals surface area contributed by atoms with Crippen LogP contribution in [0, 0.1) is 11.8 Å². The van der Waals surface area contributed by atoms with Crippen molar-refractivity contribution in [2.75, 3.05) is 6.54 Å². The van der Waals surface area contributed by atoms with Gasteiger partial charge in [-0.2, -0.15) is 0 Å². The first kappa shape index (κ1) is 16.1. The fraction of sp³-hybridized carbons (Fsp3) is 0.450. The zero-order valence-electron chi connectivity index (χ0n) is 14.1. The largest absolute Gasteiger partial charge is 0.348 e. The maximum Gasteiger partial charge on any atom is 0.240 e. The van der Waals surface area contributed by atoms with Gasteiger partial charge in [0.25, 0.3) is 0 Å². The third kappa shape index (κ3) is 2.88. The van der Waals surface area contributed by atoms with Gasteiger partial charge in [0.05, 0.1) is 17.9 Å². The van der Waals surface area contributed by atoms with Gasteiger partial charge in [-0.05, 0) is 43.2 Å². The number of benzene rings is 1. The number of carbonyl (C=O) groups is 3. The van der Waals surface area contributed by atoms with Gasteiger partial charge in [0.1, 0.15) is 6.54 Å². The monoisotopic (exact) mass is 338 g/mol. The molecule has 0 radical (unpaired) electrons. The molecule has 0 spiro atoms. The number of rotatable bonds is 3.